The largest absolute Gasteiger partial charge is 0.430 e. The van der Waals surface area contributed by atoms with E-state index in [2.05, 4.69) is 20.3 Å². The Morgan fingerprint density at radius 1 is 1.32 bits per heavy atom. The number of aliphatic imine (C=N–C) groups is 1. The number of nitrogens with two attached hydrogens (primary N) is 1. The minimum atomic E-state index is -4.58. The van der Waals surface area contributed by atoms with Gasteiger partial charge in [0.25, 0.3) is 12.2 Å². The van der Waals surface area contributed by atoms with Crippen LogP contribution in [-0.2, 0) is 0 Å². The molecule has 1 aliphatic carbocycles. The Hall–Kier alpha value is -3.23. The van der Waals surface area contributed by atoms with Crippen LogP contribution in [0.3, 0.4) is 0 Å². The molecule has 0 radical (unpaired) electrons. The van der Waals surface area contributed by atoms with Crippen LogP contribution >= 0.6 is 0 Å². The van der Waals surface area contributed by atoms with Crippen LogP contribution in [0.15, 0.2) is 53.6 Å². The van der Waals surface area contributed by atoms with Crippen molar-refractivity contribution in [1.29, 1.82) is 0 Å². The van der Waals surface area contributed by atoms with Gasteiger partial charge in [-0.1, -0.05) is 4.98 Å². The van der Waals surface area contributed by atoms with Gasteiger partial charge in [0.1, 0.15) is 17.5 Å². The number of hydrogen-bond donors (Lipinski definition) is 2. The minimum Gasteiger partial charge on any atom is -0.395 e. The molecule has 4 N–H and O–H groups in total. The molecular weight excluding hydrogens is 371 g/mol. The van der Waals surface area contributed by atoms with Gasteiger partial charge in [-0.15, -0.1) is 0 Å². The molecule has 146 valence electrons. The first-order chi connectivity index (χ1) is 13.2. The molecule has 0 atom stereocenters. The molecule has 28 heavy (non-hydrogen) atoms. The van der Waals surface area contributed by atoms with Crippen molar-refractivity contribution in [3.8, 4) is 0 Å². The van der Waals surface area contributed by atoms with Gasteiger partial charge in [0, 0.05) is 24.2 Å². The summed E-state index contributed by atoms with van der Waals surface area (Å²) in [5.74, 6) is -0.331. The zero-order valence-electron chi connectivity index (χ0n) is 15.0. The smallest absolute Gasteiger partial charge is 0.395 e. The Kier molecular flexibility index (Phi) is 5.43. The number of aromatic amines is 1. The third-order valence-corrected chi connectivity index (χ3v) is 4.20. The highest BCUT2D eigenvalue weighted by Crippen LogP contribution is 2.34. The lowest BCUT2D eigenvalue weighted by Gasteiger charge is -2.08. The van der Waals surface area contributed by atoms with Gasteiger partial charge in [0.15, 0.2) is 5.69 Å². The topological polar surface area (TPSA) is 94.5 Å². The standard InChI is InChI=1S/C19H18F3N5O/c1-11-15(9-24-10-25-11)18(28)27-14-6-4-13(5-7-14)26-16(12-2-3-12)8-17(23)19(20,21)22/h4-10,12H,2-3,23H2,1H3,(H,27,28)/p+1. The number of nitrogens with one attached hydrogen (secondary N) is 2. The van der Waals surface area contributed by atoms with Crippen molar-refractivity contribution >= 4 is 23.0 Å². The number of aryl methyl sites for hydroxylation is 1. The summed E-state index contributed by atoms with van der Waals surface area (Å²) in [6.07, 6.45) is 0.929. The lowest BCUT2D eigenvalue weighted by atomic mass is 10.2. The van der Waals surface area contributed by atoms with E-state index >= 15 is 0 Å². The minimum absolute atomic E-state index is 0.00918. The molecule has 0 bridgehead atoms. The maximum atomic E-state index is 12.7. The van der Waals surface area contributed by atoms with Crippen molar-refractivity contribution in [1.82, 2.24) is 4.98 Å². The number of carbonyl (C=O) groups is 1. The van der Waals surface area contributed by atoms with Crippen molar-refractivity contribution in [3.63, 3.8) is 0 Å². The second-order valence-electron chi connectivity index (χ2n) is 6.48. The number of hydrogen-bond acceptors (Lipinski definition) is 4. The number of allylic oxidation sites excluding steroid dienone is 2. The maximum absolute atomic E-state index is 12.7. The van der Waals surface area contributed by atoms with Crippen LogP contribution in [0.25, 0.3) is 0 Å². The normalized spacial score (nSPS) is 15.4. The highest BCUT2D eigenvalue weighted by molar-refractivity contribution is 6.04. The third-order valence-electron chi connectivity index (χ3n) is 4.20. The molecule has 1 saturated carbocycles. The molecule has 1 heterocycles. The molecule has 1 fully saturated rings. The maximum Gasteiger partial charge on any atom is 0.430 e. The first kappa shape index (κ1) is 19.5. The second kappa shape index (κ2) is 7.79. The number of halogens is 3. The number of rotatable bonds is 5. The molecule has 0 unspecified atom stereocenters. The quantitative estimate of drug-likeness (QED) is 0.767. The summed E-state index contributed by atoms with van der Waals surface area (Å²) < 4.78 is 38.0. The molecule has 0 saturated heterocycles. The Bertz CT molecular complexity index is 931. The zero-order chi connectivity index (χ0) is 20.3. The number of nitrogens with zero attached hydrogens (tertiary/aromatic N) is 2. The van der Waals surface area contributed by atoms with Crippen LogP contribution in [-0.4, -0.2) is 22.8 Å². The van der Waals surface area contributed by atoms with E-state index < -0.39 is 11.9 Å². The van der Waals surface area contributed by atoms with Gasteiger partial charge < -0.3 is 11.1 Å². The van der Waals surface area contributed by atoms with Crippen LogP contribution in [0, 0.1) is 12.8 Å². The number of benzene rings is 1. The van der Waals surface area contributed by atoms with E-state index in [0.717, 1.165) is 18.9 Å². The summed E-state index contributed by atoms with van der Waals surface area (Å²) >= 11 is 0. The zero-order valence-corrected chi connectivity index (χ0v) is 15.0. The third kappa shape index (κ3) is 4.93. The Labute approximate surface area is 159 Å². The molecule has 1 aromatic heterocycles. The summed E-state index contributed by atoms with van der Waals surface area (Å²) in [6, 6.07) is 6.51. The van der Waals surface area contributed by atoms with Crippen molar-refractivity contribution < 1.29 is 22.9 Å². The molecule has 1 aromatic carbocycles. The molecule has 1 amide bonds. The fourth-order valence-corrected chi connectivity index (χ4v) is 2.49. The molecule has 0 spiro atoms. The lowest BCUT2D eigenvalue weighted by Crippen LogP contribution is -2.21. The van der Waals surface area contributed by atoms with Gasteiger partial charge in [0.05, 0.1) is 5.69 Å². The van der Waals surface area contributed by atoms with Gasteiger partial charge in [-0.2, -0.15) is 13.2 Å². The molecule has 9 heteroatoms. The number of H-pyrrole nitrogens is 1. The predicted octanol–water partition coefficient (Wildman–Crippen LogP) is 3.34. The summed E-state index contributed by atoms with van der Waals surface area (Å²) in [4.78, 5) is 23.4. The van der Waals surface area contributed by atoms with Gasteiger partial charge in [-0.25, -0.2) is 4.98 Å². The van der Waals surface area contributed by atoms with Gasteiger partial charge >= 0.3 is 6.18 Å². The van der Waals surface area contributed by atoms with Crippen molar-refractivity contribution in [2.24, 2.45) is 16.6 Å². The van der Waals surface area contributed by atoms with Gasteiger partial charge in [0.2, 0.25) is 0 Å². The summed E-state index contributed by atoms with van der Waals surface area (Å²) in [6.45, 7) is 1.72. The van der Waals surface area contributed by atoms with E-state index in [1.54, 1.807) is 37.4 Å². The van der Waals surface area contributed by atoms with E-state index in [9.17, 15) is 18.0 Å². The van der Waals surface area contributed by atoms with Crippen LogP contribution in [0.4, 0.5) is 24.5 Å². The fraction of sp³-hybridized carbons (Fsp3) is 0.263. The van der Waals surface area contributed by atoms with Crippen molar-refractivity contribution in [2.75, 3.05) is 5.32 Å². The first-order valence-electron chi connectivity index (χ1n) is 8.61. The molecule has 6 nitrogen and oxygen atoms in total. The highest BCUT2D eigenvalue weighted by atomic mass is 19.4. The van der Waals surface area contributed by atoms with Crippen LogP contribution in [0.2, 0.25) is 0 Å². The summed E-state index contributed by atoms with van der Waals surface area (Å²) in [7, 11) is 0. The van der Waals surface area contributed by atoms with Crippen LogP contribution in [0.5, 0.6) is 0 Å². The van der Waals surface area contributed by atoms with Crippen LogP contribution < -0.4 is 16.0 Å². The van der Waals surface area contributed by atoms with Gasteiger partial charge in [-0.05, 0) is 43.2 Å². The predicted molar refractivity (Wildman–Crippen MR) is 98.1 cm³/mol. The van der Waals surface area contributed by atoms with E-state index in [-0.39, 0.29) is 11.8 Å². The molecule has 2 aromatic rings. The molecule has 1 aliphatic rings. The lowest BCUT2D eigenvalue weighted by molar-refractivity contribution is -0.383. The van der Waals surface area contributed by atoms with E-state index in [1.807, 2.05) is 0 Å². The summed E-state index contributed by atoms with van der Waals surface area (Å²) in [5, 5.41) is 2.74. The number of carbonyl (C=O) groups excluding carboxylic acids is 1. The average Bonchev–Trinajstić information content (AvgIpc) is 3.47. The Morgan fingerprint density at radius 3 is 2.57 bits per heavy atom. The Morgan fingerprint density at radius 2 is 2.00 bits per heavy atom. The van der Waals surface area contributed by atoms with E-state index in [0.29, 0.717) is 28.3 Å². The van der Waals surface area contributed by atoms with E-state index in [1.165, 1.54) is 6.33 Å². The second-order valence-corrected chi connectivity index (χ2v) is 6.48. The first-order valence-corrected chi connectivity index (χ1v) is 8.61. The summed E-state index contributed by atoms with van der Waals surface area (Å²) in [5.41, 5.74) is 6.28. The SMILES string of the molecule is Cc1nc[nH+]cc1C(=O)Nc1ccc(N=C(C=C(N)C(F)(F)F)C2CC2)cc1. The number of amides is 1. The monoisotopic (exact) mass is 390 g/mol. The molecular formula is C19H19F3N5O+. The van der Waals surface area contributed by atoms with Crippen LogP contribution in [0.1, 0.15) is 28.9 Å². The number of anilines is 1. The fourth-order valence-electron chi connectivity index (χ4n) is 2.49. The average molecular weight is 390 g/mol. The number of alkyl halides is 3. The number of aromatic nitrogens is 2. The van der Waals surface area contributed by atoms with Crippen molar-refractivity contribution in [2.45, 2.75) is 25.9 Å². The van der Waals surface area contributed by atoms with Gasteiger partial charge in [-0.3, -0.25) is 9.79 Å². The molecule has 3 rings (SSSR count). The van der Waals surface area contributed by atoms with Crippen molar-refractivity contribution in [3.05, 3.63) is 59.8 Å². The highest BCUT2D eigenvalue weighted by Gasteiger charge is 2.34. The Balaban J connectivity index is 1.75. The molecule has 0 aliphatic heterocycles. The van der Waals surface area contributed by atoms with E-state index in [4.69, 9.17) is 5.73 Å².